The van der Waals surface area contributed by atoms with Crippen LogP contribution in [-0.4, -0.2) is 50.8 Å². The number of nitrogens with zero attached hydrogens (tertiary/aromatic N) is 3. The van der Waals surface area contributed by atoms with Crippen molar-refractivity contribution in [3.63, 3.8) is 0 Å². The number of hydrogen-bond acceptors (Lipinski definition) is 4. The van der Waals surface area contributed by atoms with Gasteiger partial charge in [-0.05, 0) is 38.6 Å². The third kappa shape index (κ3) is 3.82. The lowest BCUT2D eigenvalue weighted by Gasteiger charge is -2.35. The summed E-state index contributed by atoms with van der Waals surface area (Å²) >= 11 is 0. The fraction of sp³-hybridized carbons (Fsp3) is 0.533. The molecule has 1 heterocycles. The van der Waals surface area contributed by atoms with E-state index in [-0.39, 0.29) is 11.8 Å². The molecule has 2 rings (SSSR count). The molecule has 5 nitrogen and oxygen atoms in total. The van der Waals surface area contributed by atoms with E-state index >= 15 is 0 Å². The fourth-order valence-corrected chi connectivity index (χ4v) is 4.27. The van der Waals surface area contributed by atoms with Crippen LogP contribution in [0.3, 0.4) is 0 Å². The van der Waals surface area contributed by atoms with Gasteiger partial charge in [-0.2, -0.15) is 5.26 Å². The number of hydrogen-bond donors (Lipinski definition) is 0. The highest BCUT2D eigenvalue weighted by Gasteiger charge is 2.30. The fourth-order valence-electron chi connectivity index (χ4n) is 2.64. The molecule has 0 radical (unpaired) electrons. The van der Waals surface area contributed by atoms with Gasteiger partial charge in [-0.1, -0.05) is 18.2 Å². The van der Waals surface area contributed by atoms with E-state index in [0.717, 1.165) is 12.8 Å². The third-order valence-corrected chi connectivity index (χ3v) is 5.75. The van der Waals surface area contributed by atoms with Crippen LogP contribution in [0.1, 0.15) is 24.0 Å². The van der Waals surface area contributed by atoms with Crippen molar-refractivity contribution < 1.29 is 8.42 Å². The second-order valence-corrected chi connectivity index (χ2v) is 7.61. The molecule has 0 spiro atoms. The van der Waals surface area contributed by atoms with E-state index in [1.807, 2.05) is 14.1 Å². The van der Waals surface area contributed by atoms with Crippen molar-refractivity contribution in [2.45, 2.75) is 24.6 Å². The van der Waals surface area contributed by atoms with Gasteiger partial charge in [-0.25, -0.2) is 12.7 Å². The third-order valence-electron chi connectivity index (χ3n) is 3.96. The molecule has 114 valence electrons. The highest BCUT2D eigenvalue weighted by atomic mass is 32.2. The van der Waals surface area contributed by atoms with Crippen LogP contribution in [0.2, 0.25) is 0 Å². The van der Waals surface area contributed by atoms with E-state index < -0.39 is 10.0 Å². The van der Waals surface area contributed by atoms with Crippen LogP contribution in [-0.2, 0) is 15.8 Å². The first-order valence-corrected chi connectivity index (χ1v) is 8.67. The lowest BCUT2D eigenvalue weighted by atomic mass is 10.1. The summed E-state index contributed by atoms with van der Waals surface area (Å²) in [6.07, 6.45) is 1.90. The zero-order chi connectivity index (χ0) is 15.5. The minimum atomic E-state index is -3.38. The molecule has 21 heavy (non-hydrogen) atoms. The largest absolute Gasteiger partial charge is 0.305 e. The molecule has 0 saturated carbocycles. The molecule has 0 N–H and O–H groups in total. The lowest BCUT2D eigenvalue weighted by Crippen LogP contribution is -2.47. The number of likely N-dealkylation sites (N-methyl/N-ethyl adjacent to an activating group) is 1. The topological polar surface area (TPSA) is 64.4 Å². The molecular formula is C15H21N3O2S. The maximum absolute atomic E-state index is 12.6. The standard InChI is InChI=1S/C15H21N3O2S/c1-17(2)15-8-5-9-18(11-15)21(19,20)12-14-7-4-3-6-13(14)10-16/h3-4,6-7,15H,5,8-9,11-12H2,1-2H3. The molecule has 1 aromatic carbocycles. The number of nitriles is 1. The quantitative estimate of drug-likeness (QED) is 0.844. The molecule has 0 aliphatic carbocycles. The van der Waals surface area contributed by atoms with Gasteiger partial charge in [-0.15, -0.1) is 0 Å². The molecule has 0 amide bonds. The Kier molecular flexibility index (Phi) is 4.99. The van der Waals surface area contributed by atoms with E-state index in [1.165, 1.54) is 0 Å². The van der Waals surface area contributed by atoms with Gasteiger partial charge in [0.25, 0.3) is 0 Å². The van der Waals surface area contributed by atoms with Crippen LogP contribution in [0.4, 0.5) is 0 Å². The first-order chi connectivity index (χ1) is 9.94. The van der Waals surface area contributed by atoms with Crippen molar-refractivity contribution in [2.75, 3.05) is 27.2 Å². The first kappa shape index (κ1) is 16.0. The average molecular weight is 307 g/mol. The van der Waals surface area contributed by atoms with Gasteiger partial charge in [0.05, 0.1) is 17.4 Å². The summed E-state index contributed by atoms with van der Waals surface area (Å²) in [5.41, 5.74) is 1.01. The van der Waals surface area contributed by atoms with Gasteiger partial charge >= 0.3 is 0 Å². The van der Waals surface area contributed by atoms with E-state index in [1.54, 1.807) is 28.6 Å². The summed E-state index contributed by atoms with van der Waals surface area (Å²) in [5.74, 6) is -0.100. The molecule has 0 bridgehead atoms. The SMILES string of the molecule is CN(C)C1CCCN(S(=O)(=O)Cc2ccccc2C#N)C1. The number of benzene rings is 1. The minimum absolute atomic E-state index is 0.100. The first-order valence-electron chi connectivity index (χ1n) is 7.06. The summed E-state index contributed by atoms with van der Waals surface area (Å²) in [6.45, 7) is 1.10. The zero-order valence-corrected chi connectivity index (χ0v) is 13.3. The molecule has 0 aromatic heterocycles. The molecule has 1 aliphatic heterocycles. The van der Waals surface area contributed by atoms with Crippen molar-refractivity contribution >= 4 is 10.0 Å². The predicted molar refractivity (Wildman–Crippen MR) is 82.1 cm³/mol. The van der Waals surface area contributed by atoms with Gasteiger partial charge in [0.1, 0.15) is 0 Å². The van der Waals surface area contributed by atoms with Crippen LogP contribution in [0.15, 0.2) is 24.3 Å². The normalized spacial score (nSPS) is 20.4. The van der Waals surface area contributed by atoms with Crippen molar-refractivity contribution in [3.05, 3.63) is 35.4 Å². The van der Waals surface area contributed by atoms with E-state index in [9.17, 15) is 8.42 Å². The second kappa shape index (κ2) is 6.56. The van der Waals surface area contributed by atoms with Crippen LogP contribution in [0.5, 0.6) is 0 Å². The summed E-state index contributed by atoms with van der Waals surface area (Å²) in [5, 5.41) is 9.08. The Morgan fingerprint density at radius 1 is 1.38 bits per heavy atom. The molecule has 1 aromatic rings. The highest BCUT2D eigenvalue weighted by molar-refractivity contribution is 7.88. The average Bonchev–Trinajstić information content (AvgIpc) is 2.47. The summed E-state index contributed by atoms with van der Waals surface area (Å²) in [6, 6.07) is 9.20. The molecule has 1 aliphatic rings. The smallest absolute Gasteiger partial charge is 0.218 e. The highest BCUT2D eigenvalue weighted by Crippen LogP contribution is 2.20. The van der Waals surface area contributed by atoms with E-state index in [4.69, 9.17) is 5.26 Å². The Balaban J connectivity index is 2.17. The number of rotatable bonds is 4. The maximum atomic E-state index is 12.6. The zero-order valence-electron chi connectivity index (χ0n) is 12.5. The van der Waals surface area contributed by atoms with E-state index in [0.29, 0.717) is 24.2 Å². The van der Waals surface area contributed by atoms with E-state index in [2.05, 4.69) is 11.0 Å². The Hall–Kier alpha value is -1.42. The van der Waals surface area contributed by atoms with Crippen molar-refractivity contribution in [3.8, 4) is 6.07 Å². The van der Waals surface area contributed by atoms with Crippen LogP contribution in [0.25, 0.3) is 0 Å². The van der Waals surface area contributed by atoms with Gasteiger partial charge in [0.15, 0.2) is 0 Å². The van der Waals surface area contributed by atoms with Crippen molar-refractivity contribution in [1.82, 2.24) is 9.21 Å². The monoisotopic (exact) mass is 307 g/mol. The number of piperidine rings is 1. The van der Waals surface area contributed by atoms with Crippen LogP contribution in [0, 0.1) is 11.3 Å². The molecule has 6 heteroatoms. The van der Waals surface area contributed by atoms with Gasteiger partial charge < -0.3 is 4.90 Å². The Labute approximate surface area is 126 Å². The predicted octanol–water partition coefficient (Wildman–Crippen LogP) is 1.41. The summed E-state index contributed by atoms with van der Waals surface area (Å²) in [4.78, 5) is 2.07. The maximum Gasteiger partial charge on any atom is 0.218 e. The van der Waals surface area contributed by atoms with Gasteiger partial charge in [-0.3, -0.25) is 0 Å². The molecule has 1 atom stereocenters. The van der Waals surface area contributed by atoms with Crippen LogP contribution >= 0.6 is 0 Å². The molecule has 1 saturated heterocycles. The van der Waals surface area contributed by atoms with Crippen molar-refractivity contribution in [1.29, 1.82) is 5.26 Å². The number of sulfonamides is 1. The van der Waals surface area contributed by atoms with Crippen LogP contribution < -0.4 is 0 Å². The minimum Gasteiger partial charge on any atom is -0.305 e. The lowest BCUT2D eigenvalue weighted by molar-refractivity contribution is 0.190. The molecule has 1 fully saturated rings. The Morgan fingerprint density at radius 2 is 2.10 bits per heavy atom. The van der Waals surface area contributed by atoms with Gasteiger partial charge in [0.2, 0.25) is 10.0 Å². The summed E-state index contributed by atoms with van der Waals surface area (Å²) in [7, 11) is 0.576. The summed E-state index contributed by atoms with van der Waals surface area (Å²) < 4.78 is 26.7. The molecule has 1 unspecified atom stereocenters. The second-order valence-electron chi connectivity index (χ2n) is 5.64. The Bertz CT molecular complexity index is 635. The molecular weight excluding hydrogens is 286 g/mol. The van der Waals surface area contributed by atoms with Crippen molar-refractivity contribution in [2.24, 2.45) is 0 Å². The van der Waals surface area contributed by atoms with Gasteiger partial charge in [0, 0.05) is 19.1 Å². The Morgan fingerprint density at radius 3 is 2.76 bits per heavy atom.